The molecule has 4 heteroatoms. The fourth-order valence-electron chi connectivity index (χ4n) is 2.71. The first-order valence-corrected chi connectivity index (χ1v) is 7.04. The minimum absolute atomic E-state index is 0.387. The van der Waals surface area contributed by atoms with Gasteiger partial charge in [0, 0.05) is 18.3 Å². The van der Waals surface area contributed by atoms with Crippen molar-refractivity contribution in [1.29, 1.82) is 0 Å². The Balaban J connectivity index is 2.02. The number of aromatic nitrogens is 1. The molecule has 0 atom stereocenters. The second kappa shape index (κ2) is 4.51. The van der Waals surface area contributed by atoms with Crippen LogP contribution in [0.3, 0.4) is 0 Å². The minimum atomic E-state index is -0.860. The zero-order chi connectivity index (χ0) is 13.6. The van der Waals surface area contributed by atoms with Crippen molar-refractivity contribution in [2.75, 3.05) is 11.4 Å². The molecule has 19 heavy (non-hydrogen) atoms. The second-order valence-corrected chi connectivity index (χ2v) is 5.88. The first kappa shape index (κ1) is 12.5. The van der Waals surface area contributed by atoms with Gasteiger partial charge >= 0.3 is 5.97 Å². The molecule has 2 saturated carbocycles. The molecule has 4 nitrogen and oxygen atoms in total. The summed E-state index contributed by atoms with van der Waals surface area (Å²) in [7, 11) is 0. The highest BCUT2D eigenvalue weighted by atomic mass is 16.4. The Bertz CT molecular complexity index is 519. The van der Waals surface area contributed by atoms with E-state index in [9.17, 15) is 9.90 Å². The van der Waals surface area contributed by atoms with Crippen LogP contribution in [0, 0.1) is 19.8 Å². The van der Waals surface area contributed by atoms with E-state index in [0.29, 0.717) is 17.3 Å². The molecule has 2 fully saturated rings. The summed E-state index contributed by atoms with van der Waals surface area (Å²) in [6.07, 6.45) is 4.95. The maximum Gasteiger partial charge on any atom is 0.339 e. The lowest BCUT2D eigenvalue weighted by Crippen LogP contribution is -2.30. The monoisotopic (exact) mass is 260 g/mol. The van der Waals surface area contributed by atoms with Crippen LogP contribution in [0.15, 0.2) is 6.07 Å². The molecular weight excluding hydrogens is 240 g/mol. The summed E-state index contributed by atoms with van der Waals surface area (Å²) < 4.78 is 0. The van der Waals surface area contributed by atoms with Crippen LogP contribution in [0.2, 0.25) is 0 Å². The van der Waals surface area contributed by atoms with Crippen molar-refractivity contribution in [3.8, 4) is 0 Å². The Kier molecular flexibility index (Phi) is 2.96. The molecular formula is C15H20N2O2. The number of aryl methyl sites for hydroxylation is 2. The molecule has 0 unspecified atom stereocenters. The zero-order valence-electron chi connectivity index (χ0n) is 11.5. The third kappa shape index (κ3) is 2.57. The maximum absolute atomic E-state index is 11.5. The van der Waals surface area contributed by atoms with Gasteiger partial charge in [-0.1, -0.05) is 0 Å². The predicted molar refractivity (Wildman–Crippen MR) is 73.8 cm³/mol. The van der Waals surface area contributed by atoms with E-state index in [2.05, 4.69) is 9.88 Å². The maximum atomic E-state index is 11.5. The lowest BCUT2D eigenvalue weighted by Gasteiger charge is -2.27. The largest absolute Gasteiger partial charge is 0.478 e. The zero-order valence-corrected chi connectivity index (χ0v) is 11.5. The van der Waals surface area contributed by atoms with E-state index in [1.54, 1.807) is 6.92 Å². The van der Waals surface area contributed by atoms with Crippen molar-refractivity contribution >= 4 is 11.7 Å². The summed E-state index contributed by atoms with van der Waals surface area (Å²) in [5.41, 5.74) is 2.80. The summed E-state index contributed by atoms with van der Waals surface area (Å²) in [5.74, 6) is -0.0996. The quantitative estimate of drug-likeness (QED) is 0.884. The Morgan fingerprint density at radius 3 is 2.58 bits per heavy atom. The van der Waals surface area contributed by atoms with Crippen LogP contribution in [-0.2, 0) is 0 Å². The number of rotatable bonds is 5. The number of nitrogens with zero attached hydrogens (tertiary/aromatic N) is 2. The third-order valence-corrected chi connectivity index (χ3v) is 3.97. The Labute approximate surface area is 113 Å². The first-order chi connectivity index (χ1) is 9.06. The van der Waals surface area contributed by atoms with Gasteiger partial charge in [0.15, 0.2) is 0 Å². The first-order valence-electron chi connectivity index (χ1n) is 7.04. The number of anilines is 1. The lowest BCUT2D eigenvalue weighted by molar-refractivity contribution is 0.0696. The summed E-state index contributed by atoms with van der Waals surface area (Å²) in [4.78, 5) is 18.2. The van der Waals surface area contributed by atoms with Crippen LogP contribution in [0.1, 0.15) is 47.4 Å². The predicted octanol–water partition coefficient (Wildman–Crippen LogP) is 2.78. The van der Waals surface area contributed by atoms with Gasteiger partial charge in [0.2, 0.25) is 0 Å². The normalized spacial score (nSPS) is 18.4. The molecule has 0 aromatic carbocycles. The molecule has 0 bridgehead atoms. The molecule has 1 aromatic rings. The van der Waals surface area contributed by atoms with E-state index < -0.39 is 5.97 Å². The second-order valence-electron chi connectivity index (χ2n) is 5.88. The molecule has 1 aromatic heterocycles. The highest BCUT2D eigenvalue weighted by Gasteiger charge is 2.36. The summed E-state index contributed by atoms with van der Waals surface area (Å²) in [6.45, 7) is 4.74. The molecule has 0 radical (unpaired) electrons. The molecule has 2 aliphatic rings. The van der Waals surface area contributed by atoms with Crippen LogP contribution in [-0.4, -0.2) is 28.6 Å². The highest BCUT2D eigenvalue weighted by Crippen LogP contribution is 2.39. The Morgan fingerprint density at radius 2 is 2.05 bits per heavy atom. The van der Waals surface area contributed by atoms with Gasteiger partial charge in [0.05, 0.1) is 11.4 Å². The van der Waals surface area contributed by atoms with E-state index in [0.717, 1.165) is 23.8 Å². The van der Waals surface area contributed by atoms with Crippen molar-refractivity contribution in [3.63, 3.8) is 0 Å². The van der Waals surface area contributed by atoms with Gasteiger partial charge in [0.25, 0.3) is 0 Å². The van der Waals surface area contributed by atoms with Crippen molar-refractivity contribution in [2.45, 2.75) is 45.6 Å². The molecule has 0 aliphatic heterocycles. The van der Waals surface area contributed by atoms with E-state index in [1.165, 1.54) is 25.7 Å². The number of pyridine rings is 1. The third-order valence-electron chi connectivity index (χ3n) is 3.97. The standard InChI is InChI=1S/C15H20N2O2/c1-9-7-13(14(15(18)19)10(2)16-9)17(12-5-6-12)8-11-3-4-11/h7,11-12H,3-6,8H2,1-2H3,(H,18,19). The average molecular weight is 260 g/mol. The van der Waals surface area contributed by atoms with E-state index in [4.69, 9.17) is 0 Å². The lowest BCUT2D eigenvalue weighted by atomic mass is 10.1. The number of carboxylic acid groups (broad SMARTS) is 1. The van der Waals surface area contributed by atoms with E-state index >= 15 is 0 Å². The van der Waals surface area contributed by atoms with Crippen LogP contribution < -0.4 is 4.90 Å². The van der Waals surface area contributed by atoms with Crippen LogP contribution in [0.5, 0.6) is 0 Å². The van der Waals surface area contributed by atoms with Crippen molar-refractivity contribution < 1.29 is 9.90 Å². The Hall–Kier alpha value is -1.58. The van der Waals surface area contributed by atoms with Gasteiger partial charge in [-0.05, 0) is 51.5 Å². The van der Waals surface area contributed by atoms with E-state index in [1.807, 2.05) is 13.0 Å². The fourth-order valence-corrected chi connectivity index (χ4v) is 2.71. The van der Waals surface area contributed by atoms with Crippen molar-refractivity contribution in [2.24, 2.45) is 5.92 Å². The van der Waals surface area contributed by atoms with E-state index in [-0.39, 0.29) is 0 Å². The number of hydrogen-bond donors (Lipinski definition) is 1. The van der Waals surface area contributed by atoms with Gasteiger partial charge in [-0.15, -0.1) is 0 Å². The number of carboxylic acids is 1. The molecule has 1 heterocycles. The molecule has 102 valence electrons. The summed E-state index contributed by atoms with van der Waals surface area (Å²) in [6, 6.07) is 2.48. The average Bonchev–Trinajstić information content (AvgIpc) is 3.17. The van der Waals surface area contributed by atoms with Gasteiger partial charge in [0.1, 0.15) is 5.56 Å². The molecule has 0 amide bonds. The van der Waals surface area contributed by atoms with Gasteiger partial charge in [-0.25, -0.2) is 4.79 Å². The summed E-state index contributed by atoms with van der Waals surface area (Å²) in [5, 5.41) is 9.47. The molecule has 2 aliphatic carbocycles. The van der Waals surface area contributed by atoms with Crippen LogP contribution in [0.25, 0.3) is 0 Å². The molecule has 3 rings (SSSR count). The SMILES string of the molecule is Cc1cc(N(CC2CC2)C2CC2)c(C(=O)O)c(C)n1. The molecule has 0 spiro atoms. The smallest absolute Gasteiger partial charge is 0.339 e. The topological polar surface area (TPSA) is 53.4 Å². The highest BCUT2D eigenvalue weighted by molar-refractivity contribution is 5.95. The summed E-state index contributed by atoms with van der Waals surface area (Å²) >= 11 is 0. The molecule has 1 N–H and O–H groups in total. The molecule has 0 saturated heterocycles. The van der Waals surface area contributed by atoms with Crippen molar-refractivity contribution in [1.82, 2.24) is 4.98 Å². The Morgan fingerprint density at radius 1 is 1.37 bits per heavy atom. The van der Waals surface area contributed by atoms with Crippen molar-refractivity contribution in [3.05, 3.63) is 23.0 Å². The van der Waals surface area contributed by atoms with Crippen LogP contribution in [0.4, 0.5) is 5.69 Å². The van der Waals surface area contributed by atoms with Gasteiger partial charge < -0.3 is 10.0 Å². The minimum Gasteiger partial charge on any atom is -0.478 e. The number of carbonyl (C=O) groups is 1. The fraction of sp³-hybridized carbons (Fsp3) is 0.600. The van der Waals surface area contributed by atoms with Gasteiger partial charge in [-0.2, -0.15) is 0 Å². The number of hydrogen-bond acceptors (Lipinski definition) is 3. The van der Waals surface area contributed by atoms with Crippen LogP contribution >= 0.6 is 0 Å². The number of aromatic carboxylic acids is 1. The van der Waals surface area contributed by atoms with Gasteiger partial charge in [-0.3, -0.25) is 4.98 Å².